The minimum Gasteiger partial charge on any atom is -0.376 e. The molecule has 0 saturated carbocycles. The molecule has 0 saturated heterocycles. The summed E-state index contributed by atoms with van der Waals surface area (Å²) in [5.74, 6) is 0. The number of nitrogens with zero attached hydrogens (tertiary/aromatic N) is 3. The molecule has 0 radical (unpaired) electrons. The van der Waals surface area contributed by atoms with Gasteiger partial charge in [-0.3, -0.25) is 0 Å². The number of benzene rings is 9. The lowest BCUT2D eigenvalue weighted by atomic mass is 9.42. The van der Waals surface area contributed by atoms with Gasteiger partial charge in [-0.25, -0.2) is 0 Å². The molecule has 5 heteroatoms. The van der Waals surface area contributed by atoms with Crippen LogP contribution in [0.3, 0.4) is 0 Å². The van der Waals surface area contributed by atoms with E-state index in [1.54, 1.807) is 0 Å². The SMILES string of the molecule is CCCCc1ccc(N(c2ccccc2)c2ccc3c(c2)-c2cc4c(c5c2B(c2cc6sc7cc8c(cc7c6cc2N5c2cc5c(cc2C)C(C)(C)CCC5(C)C)C(C)(C)CCC8(C)C)N3c2ccc3c(c2)C(C)(C)CCC3(C)C)C(C)(C)c2ccccc2-4)cc1. The number of thiophene rings is 1. The maximum absolute atomic E-state index is 2.86. The van der Waals surface area contributed by atoms with Crippen molar-refractivity contribution in [2.24, 2.45) is 0 Å². The van der Waals surface area contributed by atoms with E-state index in [1.165, 1.54) is 176 Å². The standard InChI is InChI=1S/C86H92BN3S/c1-17-18-24-53-29-31-55(32-30-53)88(54-25-20-19-21-26-54)56-34-36-72-59(44-56)63-46-62-58-27-22-23-28-64(58)86(15,16)77(62)79-78(63)87(90(72)57-33-35-65-67(45-57)82(7,8)38-37-80(65,3)4)71-51-76-61(60-47-68-70(50-75(60)91-76)85(13,14)42-40-83(68,9)10)48-74(71)89(79)73-49-69-66(43-52(73)2)81(5,6)39-41-84(69,11)12/h19-23,25-36,43-51H,17-18,24,37-42H2,1-16H3. The molecule has 4 aliphatic carbocycles. The summed E-state index contributed by atoms with van der Waals surface area (Å²) in [6.45, 7) is 39.5. The fraction of sp³-hybridized carbons (Fsp3) is 0.372. The van der Waals surface area contributed by atoms with Crippen molar-refractivity contribution < 1.29 is 0 Å². The molecule has 16 rings (SSSR count). The van der Waals surface area contributed by atoms with E-state index in [9.17, 15) is 0 Å². The Morgan fingerprint density at radius 1 is 0.440 bits per heavy atom. The number of hydrogen-bond acceptors (Lipinski definition) is 4. The quantitative estimate of drug-likeness (QED) is 0.140. The van der Waals surface area contributed by atoms with E-state index in [1.807, 2.05) is 11.3 Å². The lowest BCUT2D eigenvalue weighted by molar-refractivity contribution is 0.332. The van der Waals surface area contributed by atoms with Gasteiger partial charge in [-0.05, 0) is 265 Å². The Kier molecular flexibility index (Phi) is 12.8. The Bertz CT molecular complexity index is 4700. The van der Waals surface area contributed by atoms with E-state index >= 15 is 0 Å². The van der Waals surface area contributed by atoms with Gasteiger partial charge in [0.15, 0.2) is 0 Å². The van der Waals surface area contributed by atoms with Crippen molar-refractivity contribution in [1.82, 2.24) is 0 Å². The molecule has 0 spiro atoms. The Balaban J connectivity index is 1.06. The first-order valence-electron chi connectivity index (χ1n) is 34.5. The van der Waals surface area contributed by atoms with Crippen LogP contribution in [0.4, 0.5) is 45.5 Å². The summed E-state index contributed by atoms with van der Waals surface area (Å²) >= 11 is 2.02. The van der Waals surface area contributed by atoms with Crippen molar-refractivity contribution in [2.45, 2.75) is 206 Å². The van der Waals surface area contributed by atoms with Gasteiger partial charge in [0.25, 0.3) is 0 Å². The Hall–Kier alpha value is -7.34. The van der Waals surface area contributed by atoms with E-state index < -0.39 is 0 Å². The summed E-state index contributed by atoms with van der Waals surface area (Å²) in [5.41, 5.74) is 32.5. The van der Waals surface area contributed by atoms with Crippen LogP contribution >= 0.6 is 11.3 Å². The second-order valence-electron chi connectivity index (χ2n) is 33.2. The van der Waals surface area contributed by atoms with Gasteiger partial charge < -0.3 is 14.6 Å². The van der Waals surface area contributed by atoms with E-state index in [4.69, 9.17) is 0 Å². The monoisotopic (exact) mass is 1210 g/mol. The second kappa shape index (κ2) is 19.8. The minimum atomic E-state index is -0.335. The topological polar surface area (TPSA) is 9.72 Å². The van der Waals surface area contributed by atoms with E-state index in [2.05, 4.69) is 283 Å². The van der Waals surface area contributed by atoms with Crippen molar-refractivity contribution in [3.63, 3.8) is 0 Å². The number of unbranched alkanes of at least 4 members (excludes halogenated alkanes) is 1. The Labute approximate surface area is 548 Å². The molecule has 3 heterocycles. The van der Waals surface area contributed by atoms with E-state index in [0.29, 0.717) is 0 Å². The lowest BCUT2D eigenvalue weighted by Crippen LogP contribution is -2.62. The molecule has 0 N–H and O–H groups in total. The molecule has 2 aliphatic heterocycles. The third kappa shape index (κ3) is 8.70. The van der Waals surface area contributed by atoms with Crippen LogP contribution in [0.25, 0.3) is 42.4 Å². The van der Waals surface area contributed by atoms with Crippen molar-refractivity contribution in [3.8, 4) is 22.3 Å². The molecule has 0 atom stereocenters. The van der Waals surface area contributed by atoms with E-state index in [-0.39, 0.29) is 44.8 Å². The van der Waals surface area contributed by atoms with Gasteiger partial charge in [-0.1, -0.05) is 177 Å². The normalized spacial score (nSPS) is 19.2. The van der Waals surface area contributed by atoms with Gasteiger partial charge >= 0.3 is 6.85 Å². The number of para-hydroxylation sites is 1. The molecule has 0 unspecified atom stereocenters. The van der Waals surface area contributed by atoms with Crippen LogP contribution in [0.1, 0.15) is 211 Å². The van der Waals surface area contributed by atoms with Gasteiger partial charge in [0.05, 0.1) is 0 Å². The predicted octanol–water partition coefficient (Wildman–Crippen LogP) is 23.2. The Morgan fingerprint density at radius 2 is 1.00 bits per heavy atom. The average molecular weight is 1210 g/mol. The van der Waals surface area contributed by atoms with Crippen molar-refractivity contribution in [1.29, 1.82) is 0 Å². The molecule has 9 aromatic carbocycles. The summed E-state index contributed by atoms with van der Waals surface area (Å²) in [6.07, 6.45) is 10.5. The molecule has 6 aliphatic rings. The van der Waals surface area contributed by atoms with Gasteiger partial charge in [0.2, 0.25) is 0 Å². The van der Waals surface area contributed by atoms with Crippen LogP contribution in [-0.2, 0) is 44.3 Å². The zero-order chi connectivity index (χ0) is 63.4. The number of fused-ring (bicyclic) bond motifs is 14. The molecule has 10 aromatic rings. The highest BCUT2D eigenvalue weighted by molar-refractivity contribution is 7.26. The largest absolute Gasteiger partial charge is 0.376 e. The van der Waals surface area contributed by atoms with Gasteiger partial charge in [-0.2, -0.15) is 0 Å². The molecule has 460 valence electrons. The van der Waals surface area contributed by atoms with Crippen LogP contribution in [0.15, 0.2) is 158 Å². The molecule has 3 nitrogen and oxygen atoms in total. The highest BCUT2D eigenvalue weighted by Gasteiger charge is 2.52. The molecule has 0 amide bonds. The summed E-state index contributed by atoms with van der Waals surface area (Å²) in [7, 11) is 0. The van der Waals surface area contributed by atoms with Crippen LogP contribution < -0.4 is 25.5 Å². The molecule has 0 bridgehead atoms. The molecular weight excluding hydrogens is 1120 g/mol. The highest BCUT2D eigenvalue weighted by atomic mass is 32.1. The minimum absolute atomic E-state index is 0.00337. The first-order valence-corrected chi connectivity index (χ1v) is 35.4. The maximum atomic E-state index is 2.86. The van der Waals surface area contributed by atoms with Crippen molar-refractivity contribution in [3.05, 3.63) is 213 Å². The first-order chi connectivity index (χ1) is 43.2. The highest BCUT2D eigenvalue weighted by Crippen LogP contribution is 2.61. The summed E-state index contributed by atoms with van der Waals surface area (Å²) in [6, 6.07) is 63.8. The average Bonchev–Trinajstić information content (AvgIpc) is 1.66. The zero-order valence-corrected chi connectivity index (χ0v) is 58.0. The van der Waals surface area contributed by atoms with Crippen LogP contribution in [0.2, 0.25) is 0 Å². The predicted molar refractivity (Wildman–Crippen MR) is 395 cm³/mol. The fourth-order valence-electron chi connectivity index (χ4n) is 18.2. The molecule has 0 fully saturated rings. The number of anilines is 8. The Morgan fingerprint density at radius 3 is 1.67 bits per heavy atom. The molecular formula is C86H92BN3S. The lowest BCUT2D eigenvalue weighted by Gasteiger charge is -2.49. The molecule has 1 aromatic heterocycles. The third-order valence-electron chi connectivity index (χ3n) is 24.1. The maximum Gasteiger partial charge on any atom is 0.333 e. The fourth-order valence-corrected chi connectivity index (χ4v) is 19.3. The van der Waals surface area contributed by atoms with Crippen LogP contribution in [-0.4, -0.2) is 6.85 Å². The summed E-state index contributed by atoms with van der Waals surface area (Å²) in [4.78, 5) is 8.20. The van der Waals surface area contributed by atoms with Crippen molar-refractivity contribution in [2.75, 3.05) is 14.6 Å². The smallest absolute Gasteiger partial charge is 0.333 e. The number of rotatable bonds is 8. The third-order valence-corrected chi connectivity index (χ3v) is 25.2. The van der Waals surface area contributed by atoms with Gasteiger partial charge in [0.1, 0.15) is 0 Å². The number of aryl methyl sites for hydroxylation is 2. The van der Waals surface area contributed by atoms with E-state index in [0.717, 1.165) is 36.3 Å². The summed E-state index contributed by atoms with van der Waals surface area (Å²) < 4.78 is 2.76. The van der Waals surface area contributed by atoms with Crippen LogP contribution in [0.5, 0.6) is 0 Å². The van der Waals surface area contributed by atoms with Crippen molar-refractivity contribution >= 4 is 94.8 Å². The van der Waals surface area contributed by atoms with Gasteiger partial charge in [-0.15, -0.1) is 11.3 Å². The van der Waals surface area contributed by atoms with Gasteiger partial charge in [0, 0.05) is 76.6 Å². The summed E-state index contributed by atoms with van der Waals surface area (Å²) in [5, 5.41) is 2.76. The van der Waals surface area contributed by atoms with Crippen LogP contribution in [0, 0.1) is 6.92 Å². The zero-order valence-electron chi connectivity index (χ0n) is 57.2. The molecule has 91 heavy (non-hydrogen) atoms. The number of hydrogen-bond donors (Lipinski definition) is 0. The second-order valence-corrected chi connectivity index (χ2v) is 34.2. The first kappa shape index (κ1) is 58.7.